The number of methoxy groups -OCH3 is 1. The molecule has 4 aromatic heterocycles. The number of benzene rings is 2. The molecule has 0 spiro atoms. The maximum absolute atomic E-state index is 5.95. The van der Waals surface area contributed by atoms with Crippen molar-refractivity contribution in [1.82, 2.24) is 34.6 Å². The first kappa shape index (κ1) is 29.3. The quantitative estimate of drug-likeness (QED) is 0.203. The van der Waals surface area contributed by atoms with E-state index < -0.39 is 7.92 Å². The molecule has 1 aliphatic rings. The summed E-state index contributed by atoms with van der Waals surface area (Å²) >= 11 is 1.58. The molecular weight excluding hydrogens is 603 g/mol. The molecule has 1 saturated heterocycles. The van der Waals surface area contributed by atoms with Crippen LogP contribution in [0, 0.1) is 0 Å². The number of thiophene rings is 1. The van der Waals surface area contributed by atoms with Crippen LogP contribution in [0.4, 0.5) is 28.8 Å². The number of nitrogens with one attached hydrogen (secondary N) is 2. The molecule has 1 fully saturated rings. The molecule has 11 nitrogen and oxygen atoms in total. The zero-order valence-electron chi connectivity index (χ0n) is 25.9. The van der Waals surface area contributed by atoms with Crippen molar-refractivity contribution >= 4 is 74.6 Å². The van der Waals surface area contributed by atoms with Gasteiger partial charge >= 0.3 is 0 Å². The number of ether oxygens (including phenoxy) is 1. The second kappa shape index (κ2) is 12.2. The smallest absolute Gasteiger partial charge is 0.230 e. The van der Waals surface area contributed by atoms with Crippen molar-refractivity contribution in [3.05, 3.63) is 60.5 Å². The Morgan fingerprint density at radius 1 is 0.933 bits per heavy atom. The van der Waals surface area contributed by atoms with Crippen LogP contribution in [0.25, 0.3) is 32.4 Å². The van der Waals surface area contributed by atoms with Crippen molar-refractivity contribution in [1.29, 1.82) is 0 Å². The summed E-state index contributed by atoms with van der Waals surface area (Å²) < 4.78 is 7.78. The summed E-state index contributed by atoms with van der Waals surface area (Å²) in [5.41, 5.74) is 6.80. The summed E-state index contributed by atoms with van der Waals surface area (Å²) in [5.74, 6) is 1.93. The van der Waals surface area contributed by atoms with Gasteiger partial charge in [-0.2, -0.15) is 10.1 Å². The monoisotopic (exact) mass is 638 g/mol. The van der Waals surface area contributed by atoms with Gasteiger partial charge in [0.25, 0.3) is 0 Å². The lowest BCUT2D eigenvalue weighted by molar-refractivity contribution is 0.313. The van der Waals surface area contributed by atoms with E-state index in [9.17, 15) is 0 Å². The van der Waals surface area contributed by atoms with Crippen molar-refractivity contribution in [2.24, 2.45) is 7.05 Å². The van der Waals surface area contributed by atoms with Gasteiger partial charge in [-0.1, -0.05) is 7.92 Å². The number of nitrogens with zero attached hydrogens (tertiary/aromatic N) is 8. The summed E-state index contributed by atoms with van der Waals surface area (Å²) in [6, 6.07) is 10.4. The number of aromatic nitrogens is 6. The van der Waals surface area contributed by atoms with E-state index in [1.54, 1.807) is 30.8 Å². The third-order valence-electron chi connectivity index (χ3n) is 8.06. The topological polar surface area (TPSA) is 109 Å². The van der Waals surface area contributed by atoms with Crippen LogP contribution in [0.1, 0.15) is 0 Å². The lowest BCUT2D eigenvalue weighted by atomic mass is 10.0. The van der Waals surface area contributed by atoms with Crippen molar-refractivity contribution in [3.63, 3.8) is 0 Å². The first-order valence-electron chi connectivity index (χ1n) is 14.7. The maximum Gasteiger partial charge on any atom is 0.230 e. The van der Waals surface area contributed by atoms with Crippen LogP contribution in [0.15, 0.2) is 60.5 Å². The minimum Gasteiger partial charge on any atom is -0.494 e. The molecular formula is C32H35N10OPS. The molecule has 13 heteroatoms. The number of hydrogen-bond donors (Lipinski definition) is 2. The van der Waals surface area contributed by atoms with Crippen molar-refractivity contribution < 1.29 is 4.74 Å². The Morgan fingerprint density at radius 3 is 2.51 bits per heavy atom. The molecule has 2 aromatic carbocycles. The predicted molar refractivity (Wildman–Crippen MR) is 187 cm³/mol. The lowest BCUT2D eigenvalue weighted by Crippen LogP contribution is -2.44. The Morgan fingerprint density at radius 2 is 1.76 bits per heavy atom. The molecule has 2 N–H and O–H groups in total. The van der Waals surface area contributed by atoms with Gasteiger partial charge in [-0.3, -0.25) is 14.6 Å². The second-order valence-electron chi connectivity index (χ2n) is 11.3. The van der Waals surface area contributed by atoms with Gasteiger partial charge in [0.1, 0.15) is 16.4 Å². The van der Waals surface area contributed by atoms with Gasteiger partial charge in [0.15, 0.2) is 0 Å². The van der Waals surface area contributed by atoms with E-state index in [1.807, 2.05) is 35.6 Å². The third kappa shape index (κ3) is 5.77. The van der Waals surface area contributed by atoms with Crippen LogP contribution < -0.4 is 25.6 Å². The van der Waals surface area contributed by atoms with Gasteiger partial charge in [0, 0.05) is 85.7 Å². The minimum atomic E-state index is -0.485. The molecule has 45 heavy (non-hydrogen) atoms. The number of piperazine rings is 1. The van der Waals surface area contributed by atoms with Gasteiger partial charge in [-0.05, 0) is 50.0 Å². The van der Waals surface area contributed by atoms with Gasteiger partial charge in [-0.15, -0.1) is 11.3 Å². The summed E-state index contributed by atoms with van der Waals surface area (Å²) in [5, 5.41) is 15.8. The van der Waals surface area contributed by atoms with E-state index in [0.29, 0.717) is 5.95 Å². The van der Waals surface area contributed by atoms with Crippen LogP contribution in [-0.2, 0) is 7.05 Å². The summed E-state index contributed by atoms with van der Waals surface area (Å²) in [4.78, 5) is 24.8. The number of rotatable bonds is 8. The van der Waals surface area contributed by atoms with Crippen LogP contribution in [0.3, 0.4) is 0 Å². The van der Waals surface area contributed by atoms with Crippen LogP contribution >= 0.6 is 19.3 Å². The summed E-state index contributed by atoms with van der Waals surface area (Å²) in [6.07, 6.45) is 7.43. The van der Waals surface area contributed by atoms with E-state index in [1.165, 1.54) is 0 Å². The average molecular weight is 639 g/mol. The highest BCUT2D eigenvalue weighted by molar-refractivity contribution is 7.65. The van der Waals surface area contributed by atoms with E-state index >= 15 is 0 Å². The molecule has 0 atom stereocenters. The first-order valence-corrected chi connectivity index (χ1v) is 17.8. The molecule has 1 aliphatic heterocycles. The molecule has 0 amide bonds. The third-order valence-corrected chi connectivity index (χ3v) is 10.2. The highest BCUT2D eigenvalue weighted by atomic mass is 32.1. The average Bonchev–Trinajstić information content (AvgIpc) is 3.70. The highest BCUT2D eigenvalue weighted by Gasteiger charge is 2.22. The van der Waals surface area contributed by atoms with E-state index in [4.69, 9.17) is 14.7 Å². The zero-order valence-corrected chi connectivity index (χ0v) is 27.7. The van der Waals surface area contributed by atoms with Crippen molar-refractivity contribution in [2.75, 3.05) is 69.2 Å². The second-order valence-corrected chi connectivity index (χ2v) is 14.5. The van der Waals surface area contributed by atoms with Gasteiger partial charge in [-0.25, -0.2) is 4.98 Å². The Kier molecular flexibility index (Phi) is 7.95. The molecule has 6 aromatic rings. The maximum atomic E-state index is 5.95. The van der Waals surface area contributed by atoms with Gasteiger partial charge in [0.05, 0.1) is 35.4 Å². The summed E-state index contributed by atoms with van der Waals surface area (Å²) in [7, 11) is 5.32. The fraction of sp³-hybridized carbons (Fsp3) is 0.281. The molecule has 0 saturated carbocycles. The molecule has 0 unspecified atom stereocenters. The fourth-order valence-electron chi connectivity index (χ4n) is 5.77. The normalized spacial score (nSPS) is 14.0. The molecule has 0 bridgehead atoms. The summed E-state index contributed by atoms with van der Waals surface area (Å²) in [6.45, 7) is 8.34. The number of anilines is 5. The minimum absolute atomic E-state index is 0.479. The number of hydrogen-bond acceptors (Lipinski definition) is 11. The molecule has 5 heterocycles. The molecule has 7 rings (SSSR count). The Labute approximate surface area is 267 Å². The highest BCUT2D eigenvalue weighted by Crippen LogP contribution is 2.41. The van der Waals surface area contributed by atoms with E-state index in [-0.39, 0.29) is 0 Å². The van der Waals surface area contributed by atoms with Gasteiger partial charge < -0.3 is 25.2 Å². The Hall–Kier alpha value is -4.38. The Bertz CT molecular complexity index is 2000. The van der Waals surface area contributed by atoms with E-state index in [0.717, 1.165) is 92.5 Å². The van der Waals surface area contributed by atoms with Crippen LogP contribution in [0.5, 0.6) is 5.75 Å². The lowest BCUT2D eigenvalue weighted by Gasteiger charge is -2.35. The molecule has 230 valence electrons. The van der Waals surface area contributed by atoms with E-state index in [2.05, 4.69) is 80.1 Å². The van der Waals surface area contributed by atoms with Gasteiger partial charge in [0.2, 0.25) is 5.95 Å². The predicted octanol–water partition coefficient (Wildman–Crippen LogP) is 5.65. The standard InChI is InChI=1S/C32H35N10OPS/c1-40-11-13-42(14-12-40)26-17-27(43-3)25(16-22(26)20-18-35-41(2)19-20)37-32-38-30(21-8-15-45-31(21)39-32)36-24-7-6-23-28(29(24)44(4)5)34-10-9-33-23/h6-10,15-19H,11-14H2,1-5H3,(H2,36,37,38,39). The molecule has 0 aliphatic carbocycles. The largest absolute Gasteiger partial charge is 0.494 e. The first-order chi connectivity index (χ1) is 21.9. The Balaban J connectivity index is 1.29. The van der Waals surface area contributed by atoms with Crippen molar-refractivity contribution in [3.8, 4) is 16.9 Å². The van der Waals surface area contributed by atoms with Crippen LogP contribution in [-0.4, -0.2) is 88.3 Å². The number of likely N-dealkylation sites (N-methyl/N-ethyl adjacent to an activating group) is 1. The van der Waals surface area contributed by atoms with Crippen LogP contribution in [0.2, 0.25) is 0 Å². The fourth-order valence-corrected chi connectivity index (χ4v) is 7.74. The number of fused-ring (bicyclic) bond motifs is 2. The molecule has 0 radical (unpaired) electrons. The SMILES string of the molecule is COc1cc(N2CCN(C)CC2)c(-c2cnn(C)c2)cc1Nc1nc(Nc2ccc3nccnc3c2P(C)C)c2ccsc2n1. The zero-order chi connectivity index (χ0) is 31.1. The number of aryl methyl sites for hydroxylation is 1. The van der Waals surface area contributed by atoms with Crippen molar-refractivity contribution in [2.45, 2.75) is 0 Å².